The van der Waals surface area contributed by atoms with Crippen molar-refractivity contribution in [3.63, 3.8) is 0 Å². The summed E-state index contributed by atoms with van der Waals surface area (Å²) in [5, 5.41) is 3.09. The molecule has 1 aromatic rings. The largest absolute Gasteiger partial charge is 0.357 e. The molecular formula is C15H26N6. The van der Waals surface area contributed by atoms with Crippen LogP contribution in [0.5, 0.6) is 0 Å². The number of hydrogen-bond donors (Lipinski definition) is 1. The molecule has 0 aromatic carbocycles. The van der Waals surface area contributed by atoms with E-state index in [1.807, 2.05) is 7.05 Å². The maximum atomic E-state index is 4.77. The minimum atomic E-state index is 0.567. The molecule has 21 heavy (non-hydrogen) atoms. The van der Waals surface area contributed by atoms with Gasteiger partial charge in [0.25, 0.3) is 0 Å². The van der Waals surface area contributed by atoms with Crippen molar-refractivity contribution >= 4 is 17.8 Å². The monoisotopic (exact) mass is 290 g/mol. The lowest BCUT2D eigenvalue weighted by atomic mass is 10.0. The van der Waals surface area contributed by atoms with Crippen LogP contribution in [-0.4, -0.2) is 47.7 Å². The zero-order valence-corrected chi connectivity index (χ0v) is 13.2. The molecule has 2 aliphatic heterocycles. The Morgan fingerprint density at radius 2 is 1.71 bits per heavy atom. The Kier molecular flexibility index (Phi) is 4.41. The average molecular weight is 290 g/mol. The highest BCUT2D eigenvalue weighted by atomic mass is 15.4. The molecule has 6 heteroatoms. The van der Waals surface area contributed by atoms with Crippen LogP contribution in [0, 0.1) is 0 Å². The van der Waals surface area contributed by atoms with Crippen LogP contribution in [0.15, 0.2) is 0 Å². The number of piperidine rings is 1. The molecule has 1 unspecified atom stereocenters. The first-order chi connectivity index (χ1) is 10.3. The lowest BCUT2D eigenvalue weighted by Crippen LogP contribution is -2.40. The summed E-state index contributed by atoms with van der Waals surface area (Å²) in [5.74, 6) is 2.37. The van der Waals surface area contributed by atoms with Crippen molar-refractivity contribution in [3.05, 3.63) is 0 Å². The summed E-state index contributed by atoms with van der Waals surface area (Å²) in [7, 11) is 1.88. The summed E-state index contributed by atoms with van der Waals surface area (Å²) < 4.78 is 0. The van der Waals surface area contributed by atoms with Gasteiger partial charge in [0.1, 0.15) is 0 Å². The molecule has 0 bridgehead atoms. The predicted octanol–water partition coefficient (Wildman–Crippen LogP) is 2.28. The van der Waals surface area contributed by atoms with Gasteiger partial charge in [-0.25, -0.2) is 0 Å². The molecule has 3 rings (SSSR count). The van der Waals surface area contributed by atoms with E-state index < -0.39 is 0 Å². The standard InChI is InChI=1S/C15H26N6/c1-3-12-8-4-5-11-21(12)15-18-13(16-2)17-14(19-15)20-9-6-7-10-20/h12H,3-11H2,1-2H3,(H,16,17,18,19). The minimum absolute atomic E-state index is 0.567. The maximum absolute atomic E-state index is 4.77. The van der Waals surface area contributed by atoms with E-state index >= 15 is 0 Å². The van der Waals surface area contributed by atoms with E-state index in [0.717, 1.165) is 38.0 Å². The van der Waals surface area contributed by atoms with Crippen molar-refractivity contribution < 1.29 is 0 Å². The first-order valence-corrected chi connectivity index (χ1v) is 8.27. The van der Waals surface area contributed by atoms with Gasteiger partial charge in [-0.1, -0.05) is 6.92 Å². The van der Waals surface area contributed by atoms with Gasteiger partial charge in [-0.2, -0.15) is 15.0 Å². The molecule has 1 atom stereocenters. The molecule has 0 spiro atoms. The molecule has 0 amide bonds. The van der Waals surface area contributed by atoms with Gasteiger partial charge < -0.3 is 15.1 Å². The fraction of sp³-hybridized carbons (Fsp3) is 0.800. The SMILES string of the molecule is CCC1CCCCN1c1nc(NC)nc(N2CCCC2)n1. The third kappa shape index (κ3) is 3.04. The van der Waals surface area contributed by atoms with E-state index in [1.165, 1.54) is 32.1 Å². The van der Waals surface area contributed by atoms with Gasteiger partial charge in [0.2, 0.25) is 17.8 Å². The van der Waals surface area contributed by atoms with Crippen molar-refractivity contribution in [2.24, 2.45) is 0 Å². The topological polar surface area (TPSA) is 57.2 Å². The normalized spacial score (nSPS) is 22.7. The second-order valence-corrected chi connectivity index (χ2v) is 5.95. The Labute approximate surface area is 127 Å². The van der Waals surface area contributed by atoms with Gasteiger partial charge in [0.05, 0.1) is 0 Å². The van der Waals surface area contributed by atoms with E-state index in [-0.39, 0.29) is 0 Å². The Bertz CT molecular complexity index is 471. The lowest BCUT2D eigenvalue weighted by Gasteiger charge is -2.35. The van der Waals surface area contributed by atoms with Crippen LogP contribution in [0.4, 0.5) is 17.8 Å². The molecule has 116 valence electrons. The maximum Gasteiger partial charge on any atom is 0.232 e. The van der Waals surface area contributed by atoms with E-state index in [1.54, 1.807) is 0 Å². The van der Waals surface area contributed by atoms with E-state index in [9.17, 15) is 0 Å². The summed E-state index contributed by atoms with van der Waals surface area (Å²) in [6.45, 7) is 5.43. The van der Waals surface area contributed by atoms with Crippen LogP contribution in [0.2, 0.25) is 0 Å². The number of anilines is 3. The minimum Gasteiger partial charge on any atom is -0.357 e. The van der Waals surface area contributed by atoms with Crippen molar-refractivity contribution in [2.45, 2.75) is 51.5 Å². The molecule has 2 aliphatic rings. The summed E-state index contributed by atoms with van der Waals surface area (Å²) in [4.78, 5) is 18.6. The van der Waals surface area contributed by atoms with Crippen LogP contribution in [0.3, 0.4) is 0 Å². The van der Waals surface area contributed by atoms with Gasteiger partial charge in [-0.3, -0.25) is 0 Å². The highest BCUT2D eigenvalue weighted by molar-refractivity contribution is 5.46. The van der Waals surface area contributed by atoms with Gasteiger partial charge in [0.15, 0.2) is 0 Å². The molecule has 2 saturated heterocycles. The molecule has 3 heterocycles. The molecule has 0 radical (unpaired) electrons. The highest BCUT2D eigenvalue weighted by Crippen LogP contribution is 2.26. The van der Waals surface area contributed by atoms with Crippen LogP contribution < -0.4 is 15.1 Å². The fourth-order valence-corrected chi connectivity index (χ4v) is 3.34. The Hall–Kier alpha value is -1.59. The van der Waals surface area contributed by atoms with E-state index in [0.29, 0.717) is 12.0 Å². The molecule has 6 nitrogen and oxygen atoms in total. The summed E-state index contributed by atoms with van der Waals surface area (Å²) in [5.41, 5.74) is 0. The Balaban J connectivity index is 1.90. The molecule has 1 aromatic heterocycles. The number of nitrogens with one attached hydrogen (secondary N) is 1. The van der Waals surface area contributed by atoms with E-state index in [4.69, 9.17) is 4.98 Å². The molecule has 1 N–H and O–H groups in total. The first kappa shape index (κ1) is 14.4. The van der Waals surface area contributed by atoms with Gasteiger partial charge in [-0.05, 0) is 38.5 Å². The quantitative estimate of drug-likeness (QED) is 0.918. The lowest BCUT2D eigenvalue weighted by molar-refractivity contribution is 0.443. The third-order valence-corrected chi connectivity index (χ3v) is 4.58. The molecule has 2 fully saturated rings. The van der Waals surface area contributed by atoms with Crippen molar-refractivity contribution in [1.82, 2.24) is 15.0 Å². The third-order valence-electron chi connectivity index (χ3n) is 4.58. The van der Waals surface area contributed by atoms with E-state index in [2.05, 4.69) is 32.0 Å². The van der Waals surface area contributed by atoms with Gasteiger partial charge in [-0.15, -0.1) is 0 Å². The summed E-state index contributed by atoms with van der Waals surface area (Å²) >= 11 is 0. The van der Waals surface area contributed by atoms with Crippen molar-refractivity contribution in [3.8, 4) is 0 Å². The molecule has 0 aliphatic carbocycles. The van der Waals surface area contributed by atoms with Crippen LogP contribution >= 0.6 is 0 Å². The van der Waals surface area contributed by atoms with Crippen LogP contribution in [0.1, 0.15) is 45.4 Å². The zero-order chi connectivity index (χ0) is 14.7. The number of hydrogen-bond acceptors (Lipinski definition) is 6. The first-order valence-electron chi connectivity index (χ1n) is 8.27. The second kappa shape index (κ2) is 6.45. The molecular weight excluding hydrogens is 264 g/mol. The summed E-state index contributed by atoms with van der Waals surface area (Å²) in [6, 6.07) is 0.567. The Morgan fingerprint density at radius 3 is 2.43 bits per heavy atom. The predicted molar refractivity (Wildman–Crippen MR) is 86.1 cm³/mol. The summed E-state index contributed by atoms with van der Waals surface area (Å²) in [6.07, 6.45) is 7.41. The number of nitrogens with zero attached hydrogens (tertiary/aromatic N) is 5. The van der Waals surface area contributed by atoms with Crippen molar-refractivity contribution in [1.29, 1.82) is 0 Å². The molecule has 0 saturated carbocycles. The zero-order valence-electron chi connectivity index (χ0n) is 13.2. The van der Waals surface area contributed by atoms with Gasteiger partial charge >= 0.3 is 0 Å². The fourth-order valence-electron chi connectivity index (χ4n) is 3.34. The Morgan fingerprint density at radius 1 is 1.00 bits per heavy atom. The number of aromatic nitrogens is 3. The second-order valence-electron chi connectivity index (χ2n) is 5.95. The van der Waals surface area contributed by atoms with Crippen LogP contribution in [0.25, 0.3) is 0 Å². The smallest absolute Gasteiger partial charge is 0.232 e. The van der Waals surface area contributed by atoms with Crippen LogP contribution in [-0.2, 0) is 0 Å². The highest BCUT2D eigenvalue weighted by Gasteiger charge is 2.25. The van der Waals surface area contributed by atoms with Gasteiger partial charge in [0, 0.05) is 32.7 Å². The number of rotatable bonds is 4. The average Bonchev–Trinajstić information content (AvgIpc) is 3.09. The van der Waals surface area contributed by atoms with Crippen molar-refractivity contribution in [2.75, 3.05) is 41.8 Å².